The summed E-state index contributed by atoms with van der Waals surface area (Å²) in [7, 11) is 0. The molecule has 1 atom stereocenters. The molecule has 1 unspecified atom stereocenters. The maximum absolute atomic E-state index is 10.7. The lowest BCUT2D eigenvalue weighted by atomic mass is 10.0. The van der Waals surface area contributed by atoms with Crippen molar-refractivity contribution in [3.05, 3.63) is 47.8 Å². The second-order valence-electron chi connectivity index (χ2n) is 4.31. The highest BCUT2D eigenvalue weighted by molar-refractivity contribution is 5.51. The molecule has 1 aromatic heterocycles. The summed E-state index contributed by atoms with van der Waals surface area (Å²) in [6, 6.07) is 10.0. The Morgan fingerprint density at radius 3 is 3.00 bits per heavy atom. The van der Waals surface area contributed by atoms with Crippen LogP contribution in [0.5, 0.6) is 0 Å². The summed E-state index contributed by atoms with van der Waals surface area (Å²) in [5, 5.41) is 4.42. The van der Waals surface area contributed by atoms with Crippen LogP contribution in [-0.4, -0.2) is 22.7 Å². The number of aromatic nitrogens is 2. The first kappa shape index (κ1) is 11.2. The van der Waals surface area contributed by atoms with Gasteiger partial charge in [-0.1, -0.05) is 18.2 Å². The summed E-state index contributed by atoms with van der Waals surface area (Å²) < 4.78 is 7.55. The third-order valence-electron chi connectivity index (χ3n) is 3.22. The molecular weight excluding hydrogens is 228 g/mol. The van der Waals surface area contributed by atoms with Gasteiger partial charge in [0.05, 0.1) is 30.3 Å². The van der Waals surface area contributed by atoms with Gasteiger partial charge >= 0.3 is 0 Å². The Morgan fingerprint density at radius 1 is 1.39 bits per heavy atom. The first-order valence-corrected chi connectivity index (χ1v) is 6.07. The summed E-state index contributed by atoms with van der Waals surface area (Å²) in [5.74, 6) is 0. The molecule has 1 aromatic carbocycles. The second-order valence-corrected chi connectivity index (χ2v) is 4.31. The minimum Gasteiger partial charge on any atom is -0.373 e. The Hall–Kier alpha value is -1.94. The Kier molecular flexibility index (Phi) is 2.94. The standard InChI is InChI=1S/C14H14N2O2/c17-8-6-14-12-10-15-16(13(12)7-9-18-14)11-4-2-1-3-5-11/h1-5,8,10,14H,6-7,9H2. The number of ether oxygens (including phenoxy) is 1. The number of nitrogens with zero attached hydrogens (tertiary/aromatic N) is 2. The first-order valence-electron chi connectivity index (χ1n) is 6.07. The van der Waals surface area contributed by atoms with Gasteiger partial charge in [-0.05, 0) is 12.1 Å². The Bertz CT molecular complexity index is 548. The summed E-state index contributed by atoms with van der Waals surface area (Å²) in [6.07, 6.45) is 3.81. The number of para-hydroxylation sites is 1. The van der Waals surface area contributed by atoms with Crippen LogP contribution < -0.4 is 0 Å². The van der Waals surface area contributed by atoms with E-state index in [0.29, 0.717) is 13.0 Å². The average Bonchev–Trinajstić information content (AvgIpc) is 2.85. The van der Waals surface area contributed by atoms with E-state index >= 15 is 0 Å². The van der Waals surface area contributed by atoms with Crippen molar-refractivity contribution in [1.82, 2.24) is 9.78 Å². The lowest BCUT2D eigenvalue weighted by molar-refractivity contribution is -0.110. The highest BCUT2D eigenvalue weighted by Gasteiger charge is 2.24. The SMILES string of the molecule is O=CCC1OCCc2c1cnn2-c1ccccc1. The van der Waals surface area contributed by atoms with E-state index in [1.54, 1.807) is 0 Å². The third-order valence-corrected chi connectivity index (χ3v) is 3.22. The lowest BCUT2D eigenvalue weighted by Gasteiger charge is -2.22. The van der Waals surface area contributed by atoms with Gasteiger partial charge in [0.1, 0.15) is 6.29 Å². The van der Waals surface area contributed by atoms with Gasteiger partial charge in [0.15, 0.2) is 0 Å². The Labute approximate surface area is 105 Å². The summed E-state index contributed by atoms with van der Waals surface area (Å²) in [5.41, 5.74) is 3.24. The smallest absolute Gasteiger partial charge is 0.122 e. The van der Waals surface area contributed by atoms with Crippen molar-refractivity contribution in [2.45, 2.75) is 18.9 Å². The molecule has 0 saturated heterocycles. The molecule has 0 fully saturated rings. The van der Waals surface area contributed by atoms with E-state index in [0.717, 1.165) is 29.7 Å². The van der Waals surface area contributed by atoms with Gasteiger partial charge in [-0.15, -0.1) is 0 Å². The van der Waals surface area contributed by atoms with Gasteiger partial charge in [-0.3, -0.25) is 0 Å². The maximum Gasteiger partial charge on any atom is 0.122 e. The van der Waals surface area contributed by atoms with E-state index in [1.165, 1.54) is 0 Å². The minimum atomic E-state index is -0.135. The molecule has 0 amide bonds. The number of fused-ring (bicyclic) bond motifs is 1. The summed E-state index contributed by atoms with van der Waals surface area (Å²) in [4.78, 5) is 10.7. The van der Waals surface area contributed by atoms with Crippen molar-refractivity contribution in [1.29, 1.82) is 0 Å². The van der Waals surface area contributed by atoms with Crippen LogP contribution in [0.25, 0.3) is 5.69 Å². The normalized spacial score (nSPS) is 18.3. The van der Waals surface area contributed by atoms with E-state index < -0.39 is 0 Å². The van der Waals surface area contributed by atoms with Crippen molar-refractivity contribution in [3.8, 4) is 5.69 Å². The molecule has 3 rings (SSSR count). The fraction of sp³-hybridized carbons (Fsp3) is 0.286. The predicted molar refractivity (Wildman–Crippen MR) is 66.6 cm³/mol. The van der Waals surface area contributed by atoms with Gasteiger partial charge in [0, 0.05) is 18.4 Å². The van der Waals surface area contributed by atoms with Crippen molar-refractivity contribution < 1.29 is 9.53 Å². The fourth-order valence-electron chi connectivity index (χ4n) is 2.37. The molecule has 0 spiro atoms. The van der Waals surface area contributed by atoms with Crippen LogP contribution >= 0.6 is 0 Å². The van der Waals surface area contributed by atoms with E-state index in [-0.39, 0.29) is 6.10 Å². The Morgan fingerprint density at radius 2 is 2.22 bits per heavy atom. The highest BCUT2D eigenvalue weighted by Crippen LogP contribution is 2.30. The number of hydrogen-bond acceptors (Lipinski definition) is 3. The molecule has 4 nitrogen and oxygen atoms in total. The number of carbonyl (C=O) groups excluding carboxylic acids is 1. The van der Waals surface area contributed by atoms with Gasteiger partial charge < -0.3 is 9.53 Å². The van der Waals surface area contributed by atoms with Crippen molar-refractivity contribution >= 4 is 6.29 Å². The van der Waals surface area contributed by atoms with Crippen molar-refractivity contribution in [2.75, 3.05) is 6.61 Å². The lowest BCUT2D eigenvalue weighted by Crippen LogP contribution is -2.18. The van der Waals surface area contributed by atoms with Crippen LogP contribution in [0.15, 0.2) is 36.5 Å². The van der Waals surface area contributed by atoms with Gasteiger partial charge in [0.2, 0.25) is 0 Å². The molecule has 0 radical (unpaired) electrons. The topological polar surface area (TPSA) is 44.1 Å². The van der Waals surface area contributed by atoms with Crippen molar-refractivity contribution in [2.24, 2.45) is 0 Å². The molecule has 4 heteroatoms. The molecule has 1 aliphatic rings. The summed E-state index contributed by atoms with van der Waals surface area (Å²) >= 11 is 0. The molecule has 0 bridgehead atoms. The Balaban J connectivity index is 2.02. The van der Waals surface area contributed by atoms with Gasteiger partial charge in [-0.25, -0.2) is 4.68 Å². The number of rotatable bonds is 3. The molecule has 92 valence electrons. The van der Waals surface area contributed by atoms with Crippen LogP contribution in [0, 0.1) is 0 Å². The van der Waals surface area contributed by atoms with Crippen LogP contribution in [0.3, 0.4) is 0 Å². The minimum absolute atomic E-state index is 0.135. The van der Waals surface area contributed by atoms with E-state index in [2.05, 4.69) is 5.10 Å². The van der Waals surface area contributed by atoms with Gasteiger partial charge in [0.25, 0.3) is 0 Å². The predicted octanol–water partition coefficient (Wildman–Crippen LogP) is 2.08. The first-order chi connectivity index (χ1) is 8.90. The fourth-order valence-corrected chi connectivity index (χ4v) is 2.37. The molecule has 0 N–H and O–H groups in total. The molecule has 2 heterocycles. The number of hydrogen-bond donors (Lipinski definition) is 0. The molecule has 0 aliphatic carbocycles. The zero-order chi connectivity index (χ0) is 12.4. The van der Waals surface area contributed by atoms with E-state index in [9.17, 15) is 4.79 Å². The monoisotopic (exact) mass is 242 g/mol. The molecule has 18 heavy (non-hydrogen) atoms. The zero-order valence-corrected chi connectivity index (χ0v) is 9.95. The number of aldehydes is 1. The van der Waals surface area contributed by atoms with Crippen molar-refractivity contribution in [3.63, 3.8) is 0 Å². The molecule has 0 saturated carbocycles. The van der Waals surface area contributed by atoms with Crippen LogP contribution in [0.4, 0.5) is 0 Å². The quantitative estimate of drug-likeness (QED) is 0.774. The third kappa shape index (κ3) is 1.84. The number of benzene rings is 1. The summed E-state index contributed by atoms with van der Waals surface area (Å²) in [6.45, 7) is 0.643. The van der Waals surface area contributed by atoms with Crippen LogP contribution in [0.2, 0.25) is 0 Å². The molecule has 2 aromatic rings. The zero-order valence-electron chi connectivity index (χ0n) is 9.95. The number of carbonyl (C=O) groups is 1. The average molecular weight is 242 g/mol. The van der Waals surface area contributed by atoms with E-state index in [1.807, 2.05) is 41.2 Å². The highest BCUT2D eigenvalue weighted by atomic mass is 16.5. The largest absolute Gasteiger partial charge is 0.373 e. The second kappa shape index (κ2) is 4.74. The van der Waals surface area contributed by atoms with Crippen LogP contribution in [0.1, 0.15) is 23.8 Å². The van der Waals surface area contributed by atoms with E-state index in [4.69, 9.17) is 4.74 Å². The molecular formula is C14H14N2O2. The van der Waals surface area contributed by atoms with Crippen LogP contribution in [-0.2, 0) is 16.0 Å². The molecule has 1 aliphatic heterocycles. The maximum atomic E-state index is 10.7. The van der Waals surface area contributed by atoms with Gasteiger partial charge in [-0.2, -0.15) is 5.10 Å².